The number of phenols is 1. The van der Waals surface area contributed by atoms with E-state index < -0.39 is 5.25 Å². The number of carbonyl (C=O) groups excluding carboxylic acids is 2. The number of methoxy groups -OCH3 is 2. The Balaban J connectivity index is 1.65. The molecule has 2 amide bonds. The van der Waals surface area contributed by atoms with Crippen LogP contribution in [0.25, 0.3) is 0 Å². The van der Waals surface area contributed by atoms with E-state index in [1.807, 2.05) is 0 Å². The molecule has 0 radical (unpaired) electrons. The number of hydrogen-bond donors (Lipinski definition) is 2. The molecule has 7 nitrogen and oxygen atoms in total. The molecule has 3 rings (SSSR count). The van der Waals surface area contributed by atoms with Crippen LogP contribution >= 0.6 is 11.8 Å². The van der Waals surface area contributed by atoms with Crippen LogP contribution in [0.3, 0.4) is 0 Å². The van der Waals surface area contributed by atoms with E-state index in [2.05, 4.69) is 10.3 Å². The van der Waals surface area contributed by atoms with Crippen LogP contribution in [-0.4, -0.2) is 41.4 Å². The van der Waals surface area contributed by atoms with Crippen molar-refractivity contribution in [2.24, 2.45) is 4.99 Å². The van der Waals surface area contributed by atoms with Gasteiger partial charge in [-0.2, -0.15) is 0 Å². The monoisotopic (exact) mass is 386 g/mol. The number of thioether (sulfide) groups is 1. The first-order valence-corrected chi connectivity index (χ1v) is 8.98. The Morgan fingerprint density at radius 1 is 1.19 bits per heavy atom. The highest BCUT2D eigenvalue weighted by Gasteiger charge is 2.31. The summed E-state index contributed by atoms with van der Waals surface area (Å²) in [5.41, 5.74) is 1.19. The lowest BCUT2D eigenvalue weighted by Gasteiger charge is -2.13. The Bertz CT molecular complexity index is 895. The Labute approximate surface area is 160 Å². The Morgan fingerprint density at radius 3 is 2.59 bits per heavy atom. The summed E-state index contributed by atoms with van der Waals surface area (Å²) in [6, 6.07) is 11.5. The second-order valence-corrected chi connectivity index (χ2v) is 6.92. The van der Waals surface area contributed by atoms with E-state index in [4.69, 9.17) is 9.47 Å². The topological polar surface area (TPSA) is 97.2 Å². The molecule has 0 saturated carbocycles. The third kappa shape index (κ3) is 4.40. The summed E-state index contributed by atoms with van der Waals surface area (Å²) in [7, 11) is 3.04. The fraction of sp³-hybridized carbons (Fsp3) is 0.211. The molecule has 0 spiro atoms. The van der Waals surface area contributed by atoms with Crippen LogP contribution < -0.4 is 14.8 Å². The minimum absolute atomic E-state index is 0.0189. The molecule has 27 heavy (non-hydrogen) atoms. The molecule has 1 atom stereocenters. The number of nitrogens with zero attached hydrogens (tertiary/aromatic N) is 1. The molecule has 1 heterocycles. The smallest absolute Gasteiger partial charge is 0.260 e. The van der Waals surface area contributed by atoms with Crippen molar-refractivity contribution in [3.63, 3.8) is 0 Å². The van der Waals surface area contributed by atoms with E-state index in [-0.39, 0.29) is 24.0 Å². The van der Waals surface area contributed by atoms with Gasteiger partial charge >= 0.3 is 0 Å². The van der Waals surface area contributed by atoms with Gasteiger partial charge in [-0.15, -0.1) is 0 Å². The molecule has 2 N–H and O–H groups in total. The predicted molar refractivity (Wildman–Crippen MR) is 104 cm³/mol. The number of aromatic hydroxyl groups is 1. The van der Waals surface area contributed by atoms with Crippen LogP contribution in [0.5, 0.6) is 17.2 Å². The lowest BCUT2D eigenvalue weighted by Crippen LogP contribution is -2.21. The summed E-state index contributed by atoms with van der Waals surface area (Å²) >= 11 is 1.24. The molecule has 1 aliphatic heterocycles. The van der Waals surface area contributed by atoms with Gasteiger partial charge in [-0.3, -0.25) is 9.59 Å². The summed E-state index contributed by atoms with van der Waals surface area (Å²) in [5.74, 6) is 0.535. The maximum atomic E-state index is 12.4. The highest BCUT2D eigenvalue weighted by molar-refractivity contribution is 8.16. The highest BCUT2D eigenvalue weighted by Crippen LogP contribution is 2.32. The number of carbonyl (C=O) groups is 2. The average Bonchev–Trinajstić information content (AvgIpc) is 3.02. The number of rotatable bonds is 6. The number of ether oxygens (including phenoxy) is 2. The van der Waals surface area contributed by atoms with Crippen molar-refractivity contribution in [2.45, 2.75) is 11.7 Å². The first-order valence-electron chi connectivity index (χ1n) is 8.10. The van der Waals surface area contributed by atoms with Crippen molar-refractivity contribution in [1.82, 2.24) is 0 Å². The van der Waals surface area contributed by atoms with Crippen molar-refractivity contribution in [1.29, 1.82) is 0 Å². The van der Waals surface area contributed by atoms with Crippen LogP contribution in [0.15, 0.2) is 47.5 Å². The number of aliphatic imine (C=N–C) groups is 1. The number of phenolic OH excluding ortho intramolecular Hbond substituents is 1. The van der Waals surface area contributed by atoms with Gasteiger partial charge in [0.05, 0.1) is 19.9 Å². The molecular weight excluding hydrogens is 368 g/mol. The quantitative estimate of drug-likeness (QED) is 0.792. The first-order chi connectivity index (χ1) is 13.0. The van der Waals surface area contributed by atoms with Crippen molar-refractivity contribution >= 4 is 34.3 Å². The van der Waals surface area contributed by atoms with Crippen LogP contribution in [0, 0.1) is 0 Å². The van der Waals surface area contributed by atoms with Gasteiger partial charge in [0.2, 0.25) is 5.91 Å². The third-order valence-electron chi connectivity index (χ3n) is 3.91. The van der Waals surface area contributed by atoms with Gasteiger partial charge in [0.15, 0.2) is 0 Å². The number of benzene rings is 2. The molecule has 8 heteroatoms. The van der Waals surface area contributed by atoms with Gasteiger partial charge in [0.1, 0.15) is 27.5 Å². The molecule has 0 bridgehead atoms. The molecule has 0 aliphatic carbocycles. The third-order valence-corrected chi connectivity index (χ3v) is 5.11. The van der Waals surface area contributed by atoms with Crippen LogP contribution in [0.1, 0.15) is 12.0 Å². The van der Waals surface area contributed by atoms with Crippen LogP contribution in [0.2, 0.25) is 0 Å². The molecule has 0 unspecified atom stereocenters. The van der Waals surface area contributed by atoms with Gasteiger partial charge in [-0.25, -0.2) is 4.99 Å². The summed E-state index contributed by atoms with van der Waals surface area (Å²) in [6.45, 7) is 0. The second kappa shape index (κ2) is 8.13. The molecule has 140 valence electrons. The van der Waals surface area contributed by atoms with Crippen molar-refractivity contribution in [3.05, 3.63) is 48.0 Å². The molecule has 0 fully saturated rings. The van der Waals surface area contributed by atoms with E-state index in [1.165, 1.54) is 38.1 Å². The number of amides is 2. The van der Waals surface area contributed by atoms with Crippen LogP contribution in [-0.2, 0) is 9.59 Å². The van der Waals surface area contributed by atoms with Crippen LogP contribution in [0.4, 0.5) is 5.69 Å². The zero-order valence-corrected chi connectivity index (χ0v) is 15.6. The standard InChI is InChI=1S/C19H18N2O5S/c1-25-13-7-8-15(26-2)14(9-13)20-17(23)10-16-18(24)21-19(27-16)11-3-5-12(22)6-4-11/h3-9,16,22H,10H2,1-2H3,(H,20,23)/t16-/m0/s1. The van der Waals surface area contributed by atoms with Gasteiger partial charge in [-0.1, -0.05) is 11.8 Å². The van der Waals surface area contributed by atoms with E-state index >= 15 is 0 Å². The fourth-order valence-electron chi connectivity index (χ4n) is 2.53. The minimum atomic E-state index is -0.592. The van der Waals surface area contributed by atoms with Crippen molar-refractivity contribution in [3.8, 4) is 17.2 Å². The normalized spacial score (nSPS) is 16.0. The number of anilines is 1. The van der Waals surface area contributed by atoms with Crippen molar-refractivity contribution < 1.29 is 24.2 Å². The van der Waals surface area contributed by atoms with Gasteiger partial charge < -0.3 is 19.9 Å². The zero-order chi connectivity index (χ0) is 19.4. The fourth-order valence-corrected chi connectivity index (χ4v) is 3.60. The number of hydrogen-bond acceptors (Lipinski definition) is 6. The van der Waals surface area contributed by atoms with Gasteiger partial charge in [0.25, 0.3) is 5.91 Å². The Morgan fingerprint density at radius 2 is 1.93 bits per heavy atom. The van der Waals surface area contributed by atoms with Gasteiger partial charge in [-0.05, 0) is 36.4 Å². The lowest BCUT2D eigenvalue weighted by molar-refractivity contribution is -0.121. The second-order valence-electron chi connectivity index (χ2n) is 5.73. The summed E-state index contributed by atoms with van der Waals surface area (Å²) in [4.78, 5) is 28.6. The van der Waals surface area contributed by atoms with Crippen molar-refractivity contribution in [2.75, 3.05) is 19.5 Å². The zero-order valence-electron chi connectivity index (χ0n) is 14.8. The van der Waals surface area contributed by atoms with E-state index in [0.717, 1.165) is 5.56 Å². The molecule has 1 aliphatic rings. The summed E-state index contributed by atoms with van der Waals surface area (Å²) < 4.78 is 10.4. The lowest BCUT2D eigenvalue weighted by atomic mass is 10.2. The maximum Gasteiger partial charge on any atom is 0.260 e. The molecule has 2 aromatic rings. The van der Waals surface area contributed by atoms with E-state index in [9.17, 15) is 14.7 Å². The Hall–Kier alpha value is -3.00. The largest absolute Gasteiger partial charge is 0.508 e. The number of nitrogens with one attached hydrogen (secondary N) is 1. The predicted octanol–water partition coefficient (Wildman–Crippen LogP) is 2.83. The highest BCUT2D eigenvalue weighted by atomic mass is 32.2. The van der Waals surface area contributed by atoms with E-state index in [0.29, 0.717) is 22.2 Å². The average molecular weight is 386 g/mol. The first kappa shape index (κ1) is 18.8. The molecule has 0 aromatic heterocycles. The maximum absolute atomic E-state index is 12.4. The SMILES string of the molecule is COc1ccc(OC)c(NC(=O)C[C@@H]2SC(c3ccc(O)cc3)=NC2=O)c1. The van der Waals surface area contributed by atoms with Gasteiger partial charge in [0, 0.05) is 18.1 Å². The Kier molecular flexibility index (Phi) is 5.66. The van der Waals surface area contributed by atoms with E-state index in [1.54, 1.807) is 30.3 Å². The summed E-state index contributed by atoms with van der Waals surface area (Å²) in [5, 5.41) is 12.1. The minimum Gasteiger partial charge on any atom is -0.508 e. The molecule has 2 aromatic carbocycles. The molecule has 0 saturated heterocycles. The molecular formula is C19H18N2O5S. The summed E-state index contributed by atoms with van der Waals surface area (Å²) in [6.07, 6.45) is -0.0189.